The SMILES string of the molecule is O=C(O)c1cc(C(F)(F)F)cc(F)c1[O-]. The number of carbonyl (C=O) groups is 1. The lowest BCUT2D eigenvalue weighted by atomic mass is 10.1. The second-order valence-electron chi connectivity index (χ2n) is 2.64. The Morgan fingerprint density at radius 1 is 1.33 bits per heavy atom. The number of aromatic carboxylic acids is 1. The number of alkyl halides is 3. The van der Waals surface area contributed by atoms with Gasteiger partial charge < -0.3 is 10.2 Å². The number of benzene rings is 1. The predicted molar refractivity (Wildman–Crippen MR) is 37.8 cm³/mol. The highest BCUT2D eigenvalue weighted by molar-refractivity contribution is 5.90. The number of hydrogen-bond donors (Lipinski definition) is 1. The van der Waals surface area contributed by atoms with Crippen LogP contribution in [0.4, 0.5) is 17.6 Å². The molecule has 0 radical (unpaired) electrons. The maximum absolute atomic E-state index is 12.7. The summed E-state index contributed by atoms with van der Waals surface area (Å²) in [5.74, 6) is -5.19. The van der Waals surface area contributed by atoms with Crippen LogP contribution in [0.3, 0.4) is 0 Å². The second kappa shape index (κ2) is 3.41. The number of rotatable bonds is 1. The van der Waals surface area contributed by atoms with E-state index in [-0.39, 0.29) is 12.1 Å². The average molecular weight is 223 g/mol. The van der Waals surface area contributed by atoms with Crippen LogP contribution >= 0.6 is 0 Å². The van der Waals surface area contributed by atoms with Gasteiger partial charge in [-0.15, -0.1) is 0 Å². The van der Waals surface area contributed by atoms with Crippen molar-refractivity contribution in [3.63, 3.8) is 0 Å². The quantitative estimate of drug-likeness (QED) is 0.736. The first-order valence-electron chi connectivity index (χ1n) is 3.54. The lowest BCUT2D eigenvalue weighted by Crippen LogP contribution is -2.12. The molecule has 0 saturated carbocycles. The second-order valence-corrected chi connectivity index (χ2v) is 2.64. The minimum Gasteiger partial charge on any atom is -0.870 e. The minimum atomic E-state index is -4.89. The van der Waals surface area contributed by atoms with Gasteiger partial charge in [0.2, 0.25) is 0 Å². The van der Waals surface area contributed by atoms with E-state index in [1.165, 1.54) is 0 Å². The molecule has 7 heteroatoms. The number of hydrogen-bond acceptors (Lipinski definition) is 2. The van der Waals surface area contributed by atoms with Gasteiger partial charge in [-0.3, -0.25) is 0 Å². The first-order chi connectivity index (χ1) is 6.73. The third kappa shape index (κ3) is 2.17. The standard InChI is InChI=1S/C8H4F4O3/c9-5-2-3(8(10,11)12)1-4(6(5)13)7(14)15/h1-2,13H,(H,14,15)/p-1. The van der Waals surface area contributed by atoms with Gasteiger partial charge in [0.25, 0.3) is 0 Å². The largest absolute Gasteiger partial charge is 0.870 e. The average Bonchev–Trinajstić information content (AvgIpc) is 2.06. The molecule has 0 atom stereocenters. The third-order valence-electron chi connectivity index (χ3n) is 1.60. The van der Waals surface area contributed by atoms with E-state index in [1.54, 1.807) is 0 Å². The summed E-state index contributed by atoms with van der Waals surface area (Å²) in [6, 6.07) is 0.0719. The summed E-state index contributed by atoms with van der Waals surface area (Å²) in [5, 5.41) is 19.1. The Morgan fingerprint density at radius 2 is 1.87 bits per heavy atom. The van der Waals surface area contributed by atoms with E-state index < -0.39 is 34.8 Å². The van der Waals surface area contributed by atoms with Crippen molar-refractivity contribution < 1.29 is 32.6 Å². The fraction of sp³-hybridized carbons (Fsp3) is 0.125. The van der Waals surface area contributed by atoms with Gasteiger partial charge in [0, 0.05) is 0 Å². The smallest absolute Gasteiger partial charge is 0.416 e. The van der Waals surface area contributed by atoms with Crippen LogP contribution in [0.15, 0.2) is 12.1 Å². The van der Waals surface area contributed by atoms with Crippen LogP contribution < -0.4 is 5.11 Å². The predicted octanol–water partition coefficient (Wildman–Crippen LogP) is 1.62. The van der Waals surface area contributed by atoms with Crippen LogP contribution in [0.2, 0.25) is 0 Å². The Kier molecular flexibility index (Phi) is 2.57. The summed E-state index contributed by atoms with van der Waals surface area (Å²) in [5.41, 5.74) is -2.74. The molecule has 1 rings (SSSR count). The minimum absolute atomic E-state index is 0.0330. The molecule has 15 heavy (non-hydrogen) atoms. The summed E-state index contributed by atoms with van der Waals surface area (Å²) in [6.45, 7) is 0. The van der Waals surface area contributed by atoms with Crippen molar-refractivity contribution >= 4 is 5.97 Å². The molecule has 0 aliphatic rings. The molecule has 0 amide bonds. The van der Waals surface area contributed by atoms with Gasteiger partial charge in [-0.05, 0) is 12.1 Å². The molecule has 0 heterocycles. The van der Waals surface area contributed by atoms with Crippen LogP contribution in [0, 0.1) is 5.82 Å². The molecular weight excluding hydrogens is 220 g/mol. The number of carboxylic acids is 1. The Balaban J connectivity index is 3.43. The zero-order chi connectivity index (χ0) is 11.8. The normalized spacial score (nSPS) is 11.5. The summed E-state index contributed by atoms with van der Waals surface area (Å²) in [6.07, 6.45) is -4.89. The fourth-order valence-corrected chi connectivity index (χ4v) is 0.916. The van der Waals surface area contributed by atoms with Gasteiger partial charge in [0.15, 0.2) is 0 Å². The Bertz CT molecular complexity index is 411. The van der Waals surface area contributed by atoms with E-state index in [4.69, 9.17) is 5.11 Å². The molecule has 82 valence electrons. The van der Waals surface area contributed by atoms with E-state index in [1.807, 2.05) is 0 Å². The van der Waals surface area contributed by atoms with Crippen molar-refractivity contribution in [2.75, 3.05) is 0 Å². The zero-order valence-corrected chi connectivity index (χ0v) is 6.93. The molecule has 0 fully saturated rings. The van der Waals surface area contributed by atoms with E-state index in [9.17, 15) is 27.5 Å². The molecular formula is C8H3F4O3-. The van der Waals surface area contributed by atoms with Crippen LogP contribution in [0.1, 0.15) is 15.9 Å². The Hall–Kier alpha value is -1.79. The first-order valence-corrected chi connectivity index (χ1v) is 3.54. The Morgan fingerprint density at radius 3 is 2.27 bits per heavy atom. The molecule has 3 nitrogen and oxygen atoms in total. The van der Waals surface area contributed by atoms with Crippen molar-refractivity contribution in [2.24, 2.45) is 0 Å². The molecule has 1 aromatic rings. The van der Waals surface area contributed by atoms with Gasteiger partial charge in [0.05, 0.1) is 11.1 Å². The zero-order valence-electron chi connectivity index (χ0n) is 6.93. The van der Waals surface area contributed by atoms with Gasteiger partial charge in [-0.25, -0.2) is 9.18 Å². The molecule has 1 N–H and O–H groups in total. The van der Waals surface area contributed by atoms with Crippen molar-refractivity contribution in [3.8, 4) is 5.75 Å². The van der Waals surface area contributed by atoms with Gasteiger partial charge in [0.1, 0.15) is 5.82 Å². The lowest BCUT2D eigenvalue weighted by molar-refractivity contribution is -0.273. The maximum atomic E-state index is 12.7. The van der Waals surface area contributed by atoms with Crippen molar-refractivity contribution in [2.45, 2.75) is 6.18 Å². The van der Waals surface area contributed by atoms with Gasteiger partial charge in [-0.1, -0.05) is 5.75 Å². The number of carboxylic acid groups (broad SMARTS) is 1. The highest BCUT2D eigenvalue weighted by atomic mass is 19.4. The summed E-state index contributed by atoms with van der Waals surface area (Å²) < 4.78 is 48.9. The molecule has 0 saturated heterocycles. The maximum Gasteiger partial charge on any atom is 0.416 e. The molecule has 0 aliphatic carbocycles. The van der Waals surface area contributed by atoms with Crippen LogP contribution in [0.25, 0.3) is 0 Å². The topological polar surface area (TPSA) is 60.4 Å². The molecule has 0 aromatic heterocycles. The molecule has 0 unspecified atom stereocenters. The summed E-state index contributed by atoms with van der Waals surface area (Å²) >= 11 is 0. The number of halogens is 4. The molecule has 0 aliphatic heterocycles. The van der Waals surface area contributed by atoms with Crippen LogP contribution in [0.5, 0.6) is 5.75 Å². The first kappa shape index (κ1) is 11.3. The summed E-state index contributed by atoms with van der Waals surface area (Å²) in [4.78, 5) is 10.3. The van der Waals surface area contributed by atoms with Crippen molar-refractivity contribution in [1.29, 1.82) is 0 Å². The third-order valence-corrected chi connectivity index (χ3v) is 1.60. The van der Waals surface area contributed by atoms with E-state index in [2.05, 4.69) is 0 Å². The van der Waals surface area contributed by atoms with Crippen molar-refractivity contribution in [1.82, 2.24) is 0 Å². The molecule has 0 bridgehead atoms. The molecule has 0 spiro atoms. The van der Waals surface area contributed by atoms with Crippen LogP contribution in [-0.4, -0.2) is 11.1 Å². The van der Waals surface area contributed by atoms with E-state index in [0.29, 0.717) is 0 Å². The van der Waals surface area contributed by atoms with Crippen molar-refractivity contribution in [3.05, 3.63) is 29.1 Å². The molecule has 1 aromatic carbocycles. The van der Waals surface area contributed by atoms with Gasteiger partial charge >= 0.3 is 12.1 Å². The highest BCUT2D eigenvalue weighted by Gasteiger charge is 2.32. The lowest BCUT2D eigenvalue weighted by Gasteiger charge is -2.14. The fourth-order valence-electron chi connectivity index (χ4n) is 0.916. The Labute approximate surface area is 80.6 Å². The highest BCUT2D eigenvalue weighted by Crippen LogP contribution is 2.33. The van der Waals surface area contributed by atoms with Crippen LogP contribution in [-0.2, 0) is 6.18 Å². The monoisotopic (exact) mass is 223 g/mol. The van der Waals surface area contributed by atoms with Gasteiger partial charge in [-0.2, -0.15) is 13.2 Å². The van der Waals surface area contributed by atoms with E-state index >= 15 is 0 Å². The summed E-state index contributed by atoms with van der Waals surface area (Å²) in [7, 11) is 0. The van der Waals surface area contributed by atoms with E-state index in [0.717, 1.165) is 0 Å².